The maximum Gasteiger partial charge on any atom is 1.00 e. The van der Waals surface area contributed by atoms with Crippen molar-refractivity contribution < 1.29 is 61.2 Å². The summed E-state index contributed by atoms with van der Waals surface area (Å²) < 4.78 is 36.4. The van der Waals surface area contributed by atoms with E-state index in [9.17, 15) is 22.6 Å². The van der Waals surface area contributed by atoms with E-state index in [1.54, 1.807) is 0 Å². The molecule has 10 nitrogen and oxygen atoms in total. The van der Waals surface area contributed by atoms with Gasteiger partial charge in [0.25, 0.3) is 5.91 Å². The number of hydrogen-bond donors (Lipinski definition) is 1. The van der Waals surface area contributed by atoms with Crippen molar-refractivity contribution in [3.8, 4) is 0 Å². The van der Waals surface area contributed by atoms with E-state index in [2.05, 4.69) is 9.76 Å². The molecular weight excluding hydrogens is 365 g/mol. The minimum Gasteiger partial charge on any atom is -0.724 e. The molecule has 2 aliphatic heterocycles. The van der Waals surface area contributed by atoms with Crippen molar-refractivity contribution in [2.75, 3.05) is 6.54 Å². The molecule has 3 aliphatic rings. The van der Waals surface area contributed by atoms with Gasteiger partial charge in [-0.3, -0.25) is 9.63 Å². The molecule has 0 aromatic rings. The number of hydrogen-bond acceptors (Lipinski definition) is 7. The van der Waals surface area contributed by atoms with Crippen molar-refractivity contribution in [2.24, 2.45) is 0 Å². The second-order valence-electron chi connectivity index (χ2n) is 6.33. The fourth-order valence-corrected chi connectivity index (χ4v) is 3.88. The van der Waals surface area contributed by atoms with Crippen LogP contribution in [0, 0.1) is 0 Å². The monoisotopic (exact) mass is 385 g/mol. The molecule has 0 spiro atoms. The van der Waals surface area contributed by atoms with Crippen LogP contribution in [-0.2, 0) is 24.3 Å². The zero-order valence-electron chi connectivity index (χ0n) is 14.0. The number of nitrogens with zero attached hydrogens (tertiary/aromatic N) is 2. The van der Waals surface area contributed by atoms with Crippen LogP contribution in [-0.4, -0.2) is 59.6 Å². The van der Waals surface area contributed by atoms with E-state index in [4.69, 9.17) is 4.84 Å². The van der Waals surface area contributed by atoms with Gasteiger partial charge >= 0.3 is 35.6 Å². The summed E-state index contributed by atoms with van der Waals surface area (Å²) in [6.45, 7) is 0.135. The van der Waals surface area contributed by atoms with E-state index in [0.717, 1.165) is 25.7 Å². The number of hydroxylamine groups is 3. The van der Waals surface area contributed by atoms with Crippen LogP contribution in [0.3, 0.4) is 0 Å². The molecule has 25 heavy (non-hydrogen) atoms. The van der Waals surface area contributed by atoms with Crippen LogP contribution in [0.2, 0.25) is 0 Å². The first-order valence-electron chi connectivity index (χ1n) is 8.06. The second kappa shape index (κ2) is 8.51. The van der Waals surface area contributed by atoms with E-state index in [1.807, 2.05) is 0 Å². The summed E-state index contributed by atoms with van der Waals surface area (Å²) in [5.41, 5.74) is 2.42. The fourth-order valence-electron chi connectivity index (χ4n) is 3.49. The van der Waals surface area contributed by atoms with Crippen molar-refractivity contribution in [1.82, 2.24) is 15.4 Å². The van der Waals surface area contributed by atoms with Gasteiger partial charge in [-0.1, -0.05) is 19.3 Å². The summed E-state index contributed by atoms with van der Waals surface area (Å²) in [5, 5.41) is 0.553. The van der Waals surface area contributed by atoms with Gasteiger partial charge in [-0.05, 0) is 25.7 Å². The van der Waals surface area contributed by atoms with Gasteiger partial charge in [-0.25, -0.2) is 18.7 Å². The normalized spacial score (nSPS) is 27.2. The average Bonchev–Trinajstić information content (AvgIpc) is 2.77. The Morgan fingerprint density at radius 3 is 2.48 bits per heavy atom. The van der Waals surface area contributed by atoms with Crippen LogP contribution < -0.4 is 35.0 Å². The van der Waals surface area contributed by atoms with Gasteiger partial charge in [0.2, 0.25) is 10.4 Å². The number of nitrogens with one attached hydrogen (secondary N) is 1. The van der Waals surface area contributed by atoms with Crippen LogP contribution in [0.15, 0.2) is 0 Å². The van der Waals surface area contributed by atoms with Crippen molar-refractivity contribution in [2.45, 2.75) is 63.1 Å². The van der Waals surface area contributed by atoms with E-state index < -0.39 is 34.4 Å². The predicted molar refractivity (Wildman–Crippen MR) is 77.6 cm³/mol. The number of rotatable bonds is 5. The third kappa shape index (κ3) is 5.06. The van der Waals surface area contributed by atoms with Gasteiger partial charge in [-0.2, -0.15) is 9.35 Å². The number of amides is 3. The van der Waals surface area contributed by atoms with Crippen molar-refractivity contribution >= 4 is 22.3 Å². The van der Waals surface area contributed by atoms with Crippen LogP contribution in [0.4, 0.5) is 4.79 Å². The summed E-state index contributed by atoms with van der Waals surface area (Å²) >= 11 is 0. The molecule has 1 N–H and O–H groups in total. The minimum absolute atomic E-state index is 0. The molecule has 12 heteroatoms. The molecule has 3 amide bonds. The van der Waals surface area contributed by atoms with Gasteiger partial charge in [0, 0.05) is 6.54 Å². The zero-order valence-corrected chi connectivity index (χ0v) is 16.9. The molecule has 0 aromatic carbocycles. The van der Waals surface area contributed by atoms with E-state index in [0.29, 0.717) is 17.9 Å². The first-order valence-corrected chi connectivity index (χ1v) is 9.39. The number of fused-ring (bicyclic) bond motifs is 2. The molecule has 2 bridgehead atoms. The molecule has 1 aliphatic carbocycles. The number of urea groups is 1. The average molecular weight is 385 g/mol. The summed E-state index contributed by atoms with van der Waals surface area (Å²) in [4.78, 5) is 31.1. The van der Waals surface area contributed by atoms with Crippen molar-refractivity contribution in [1.29, 1.82) is 0 Å². The molecule has 3 rings (SSSR count). The minimum atomic E-state index is -5.04. The molecular formula is C13H20N3NaO7S. The van der Waals surface area contributed by atoms with E-state index in [1.165, 1.54) is 11.3 Å². The summed E-state index contributed by atoms with van der Waals surface area (Å²) in [5.74, 6) is -0.445. The number of carbonyl (C=O) groups is 2. The van der Waals surface area contributed by atoms with Crippen molar-refractivity contribution in [3.05, 3.63) is 0 Å². The number of carbonyl (C=O) groups excluding carboxylic acids is 2. The van der Waals surface area contributed by atoms with Crippen LogP contribution in [0.25, 0.3) is 0 Å². The van der Waals surface area contributed by atoms with Crippen LogP contribution in [0.5, 0.6) is 0 Å². The molecule has 0 radical (unpaired) electrons. The SMILES string of the molecule is O=C(NOC1CCCCC1)[C@@H]1CC[C@@H]2CN1C(=O)N2OS(=O)(=O)[O-].[Na+]. The maximum atomic E-state index is 12.3. The fraction of sp³-hybridized carbons (Fsp3) is 0.846. The third-order valence-corrected chi connectivity index (χ3v) is 5.02. The van der Waals surface area contributed by atoms with Gasteiger partial charge < -0.3 is 9.45 Å². The van der Waals surface area contributed by atoms with Gasteiger partial charge in [0.1, 0.15) is 6.04 Å². The van der Waals surface area contributed by atoms with Gasteiger partial charge in [0.15, 0.2) is 0 Å². The Bertz CT molecular complexity index is 611. The molecule has 2 heterocycles. The first kappa shape index (κ1) is 20.9. The Balaban J connectivity index is 0.00000225. The van der Waals surface area contributed by atoms with Crippen LogP contribution >= 0.6 is 0 Å². The summed E-state index contributed by atoms with van der Waals surface area (Å²) in [6.07, 6.45) is 5.75. The Labute approximate surface area is 168 Å². The molecule has 2 atom stereocenters. The van der Waals surface area contributed by atoms with Gasteiger partial charge in [0.05, 0.1) is 12.1 Å². The predicted octanol–water partition coefficient (Wildman–Crippen LogP) is -2.97. The molecule has 0 aromatic heterocycles. The standard InChI is InChI=1S/C13H21N3O7S.Na/c17-12(14-22-10-4-2-1-3-5-10)11-7-6-9-8-15(11)13(18)16(9)23-24(19,20)21;/h9-11H,1-8H2,(H,14,17)(H,19,20,21);/q;+1/p-1/t9-,11+;/m1./s1. The molecule has 2 saturated heterocycles. The topological polar surface area (TPSA) is 128 Å². The third-order valence-electron chi connectivity index (χ3n) is 4.68. The van der Waals surface area contributed by atoms with Crippen LogP contribution in [0.1, 0.15) is 44.9 Å². The van der Waals surface area contributed by atoms with E-state index >= 15 is 0 Å². The molecule has 3 fully saturated rings. The Kier molecular flexibility index (Phi) is 7.10. The summed E-state index contributed by atoms with van der Waals surface area (Å²) in [7, 11) is -5.04. The maximum absolute atomic E-state index is 12.3. The van der Waals surface area contributed by atoms with Crippen molar-refractivity contribution in [3.63, 3.8) is 0 Å². The van der Waals surface area contributed by atoms with Gasteiger partial charge in [-0.15, -0.1) is 0 Å². The smallest absolute Gasteiger partial charge is 0.724 e. The second-order valence-corrected chi connectivity index (χ2v) is 7.30. The Morgan fingerprint density at radius 1 is 1.16 bits per heavy atom. The molecule has 0 unspecified atom stereocenters. The Morgan fingerprint density at radius 2 is 1.84 bits per heavy atom. The summed E-state index contributed by atoms with van der Waals surface area (Å²) in [6, 6.07) is -2.11. The number of piperidine rings is 1. The quantitative estimate of drug-likeness (QED) is 0.232. The van der Waals surface area contributed by atoms with E-state index in [-0.39, 0.29) is 42.2 Å². The first-order chi connectivity index (χ1) is 11.3. The Hall–Kier alpha value is -0.430. The zero-order chi connectivity index (χ0) is 17.3. The molecule has 1 saturated carbocycles. The molecule has 136 valence electrons. The largest absolute Gasteiger partial charge is 1.00 e.